The summed E-state index contributed by atoms with van der Waals surface area (Å²) >= 11 is 5.85. The molecule has 0 fully saturated rings. The summed E-state index contributed by atoms with van der Waals surface area (Å²) in [4.78, 5) is 12.3. The van der Waals surface area contributed by atoms with Crippen LogP contribution in [0.4, 0.5) is 0 Å². The molecule has 0 bridgehead atoms. The zero-order valence-electron chi connectivity index (χ0n) is 6.53. The number of aromatic nitrogens is 4. The molecule has 12 heavy (non-hydrogen) atoms. The third-order valence-electron chi connectivity index (χ3n) is 1.59. The van der Waals surface area contributed by atoms with Crippen molar-refractivity contribution in [2.24, 2.45) is 0 Å². The predicted octanol–water partition coefficient (Wildman–Crippen LogP) is 1.34. The fourth-order valence-electron chi connectivity index (χ4n) is 0.981. The van der Waals surface area contributed by atoms with E-state index >= 15 is 0 Å². The van der Waals surface area contributed by atoms with E-state index in [1.807, 2.05) is 6.92 Å². The van der Waals surface area contributed by atoms with Crippen LogP contribution in [0.25, 0.3) is 5.78 Å². The minimum absolute atomic E-state index is 0.411. The first kappa shape index (κ1) is 7.49. The molecule has 0 aliphatic rings. The highest BCUT2D eigenvalue weighted by Crippen LogP contribution is 2.07. The highest BCUT2D eigenvalue weighted by molar-refractivity contribution is 6.28. The van der Waals surface area contributed by atoms with Crippen LogP contribution < -0.4 is 0 Å². The summed E-state index contributed by atoms with van der Waals surface area (Å²) in [6, 6.07) is 0. The maximum absolute atomic E-state index is 5.85. The Labute approximate surface area is 74.2 Å². The topological polar surface area (TPSA) is 43.1 Å². The lowest BCUT2D eigenvalue weighted by Gasteiger charge is -1.98. The molecule has 0 N–H and O–H groups in total. The van der Waals surface area contributed by atoms with E-state index in [2.05, 4.69) is 15.0 Å². The SMILES string of the molecule is CCc1nc(Cl)n2ccnc2n1. The van der Waals surface area contributed by atoms with E-state index in [-0.39, 0.29) is 0 Å². The first-order chi connectivity index (χ1) is 5.81. The maximum atomic E-state index is 5.85. The molecular weight excluding hydrogens is 176 g/mol. The van der Waals surface area contributed by atoms with Crippen LogP contribution in [0.2, 0.25) is 5.28 Å². The Kier molecular flexibility index (Phi) is 1.69. The number of halogens is 1. The van der Waals surface area contributed by atoms with Crippen molar-refractivity contribution in [3.05, 3.63) is 23.5 Å². The summed E-state index contributed by atoms with van der Waals surface area (Å²) in [6.07, 6.45) is 4.15. The van der Waals surface area contributed by atoms with Crippen LogP contribution in [0.1, 0.15) is 12.7 Å². The molecule has 0 spiro atoms. The molecule has 2 aromatic heterocycles. The average molecular weight is 183 g/mol. The second-order valence-corrected chi connectivity index (χ2v) is 2.70. The number of imidazole rings is 1. The molecule has 2 rings (SSSR count). The lowest BCUT2D eigenvalue weighted by molar-refractivity contribution is 0.892. The molecule has 0 atom stereocenters. The first-order valence-electron chi connectivity index (χ1n) is 3.66. The maximum Gasteiger partial charge on any atom is 0.237 e. The van der Waals surface area contributed by atoms with Gasteiger partial charge >= 0.3 is 0 Å². The number of hydrogen-bond donors (Lipinski definition) is 0. The van der Waals surface area contributed by atoms with Crippen LogP contribution in [0.3, 0.4) is 0 Å². The number of hydrogen-bond acceptors (Lipinski definition) is 3. The molecule has 0 aromatic carbocycles. The molecule has 0 unspecified atom stereocenters. The van der Waals surface area contributed by atoms with E-state index in [9.17, 15) is 0 Å². The van der Waals surface area contributed by atoms with Crippen molar-refractivity contribution in [1.29, 1.82) is 0 Å². The highest BCUT2D eigenvalue weighted by Gasteiger charge is 2.03. The van der Waals surface area contributed by atoms with Gasteiger partial charge in [-0.3, -0.25) is 4.40 Å². The largest absolute Gasteiger partial charge is 0.258 e. The van der Waals surface area contributed by atoms with E-state index in [1.54, 1.807) is 16.8 Å². The van der Waals surface area contributed by atoms with Crippen LogP contribution >= 0.6 is 11.6 Å². The third kappa shape index (κ3) is 1.04. The molecule has 2 aromatic rings. The number of aryl methyl sites for hydroxylation is 1. The van der Waals surface area contributed by atoms with Gasteiger partial charge in [-0.05, 0) is 11.6 Å². The molecule has 2 heterocycles. The smallest absolute Gasteiger partial charge is 0.237 e. The third-order valence-corrected chi connectivity index (χ3v) is 1.85. The van der Waals surface area contributed by atoms with Gasteiger partial charge in [0.15, 0.2) is 0 Å². The number of rotatable bonds is 1. The number of nitrogens with zero attached hydrogens (tertiary/aromatic N) is 4. The molecule has 0 saturated carbocycles. The fraction of sp³-hybridized carbons (Fsp3) is 0.286. The summed E-state index contributed by atoms with van der Waals surface area (Å²) in [7, 11) is 0. The second kappa shape index (κ2) is 2.71. The van der Waals surface area contributed by atoms with Gasteiger partial charge in [-0.15, -0.1) is 0 Å². The Bertz CT molecular complexity index is 409. The second-order valence-electron chi connectivity index (χ2n) is 2.36. The van der Waals surface area contributed by atoms with Gasteiger partial charge in [-0.2, -0.15) is 4.98 Å². The van der Waals surface area contributed by atoms with Gasteiger partial charge in [0.25, 0.3) is 0 Å². The van der Waals surface area contributed by atoms with E-state index in [0.29, 0.717) is 11.1 Å². The molecule has 62 valence electrons. The molecule has 4 nitrogen and oxygen atoms in total. The Hall–Kier alpha value is -1.16. The molecule has 0 radical (unpaired) electrons. The van der Waals surface area contributed by atoms with Gasteiger partial charge in [-0.1, -0.05) is 6.92 Å². The van der Waals surface area contributed by atoms with Crippen LogP contribution in [0, 0.1) is 0 Å². The summed E-state index contributed by atoms with van der Waals surface area (Å²) < 4.78 is 1.64. The lowest BCUT2D eigenvalue weighted by Crippen LogP contribution is -1.99. The van der Waals surface area contributed by atoms with Crippen molar-refractivity contribution in [2.45, 2.75) is 13.3 Å². The van der Waals surface area contributed by atoms with Crippen molar-refractivity contribution in [3.8, 4) is 0 Å². The van der Waals surface area contributed by atoms with Crippen LogP contribution in [0.15, 0.2) is 12.4 Å². The standard InChI is InChI=1S/C7H7ClN4/c1-2-5-10-6(8)12-4-3-9-7(12)11-5/h3-4H,2H2,1H3. The summed E-state index contributed by atoms with van der Waals surface area (Å²) in [6.45, 7) is 1.98. The van der Waals surface area contributed by atoms with Gasteiger partial charge in [-0.25, -0.2) is 9.97 Å². The Morgan fingerprint density at radius 2 is 2.33 bits per heavy atom. The van der Waals surface area contributed by atoms with Crippen LogP contribution in [-0.2, 0) is 6.42 Å². The van der Waals surface area contributed by atoms with E-state index < -0.39 is 0 Å². The van der Waals surface area contributed by atoms with Gasteiger partial charge < -0.3 is 0 Å². The molecule has 0 saturated heterocycles. The van der Waals surface area contributed by atoms with Crippen LogP contribution in [0.5, 0.6) is 0 Å². The molecular formula is C7H7ClN4. The van der Waals surface area contributed by atoms with E-state index in [4.69, 9.17) is 11.6 Å². The summed E-state index contributed by atoms with van der Waals surface area (Å²) in [5.74, 6) is 1.32. The van der Waals surface area contributed by atoms with Crippen LogP contribution in [-0.4, -0.2) is 19.4 Å². The van der Waals surface area contributed by atoms with Crippen molar-refractivity contribution in [1.82, 2.24) is 19.4 Å². The van der Waals surface area contributed by atoms with Crippen molar-refractivity contribution >= 4 is 17.4 Å². The quantitative estimate of drug-likeness (QED) is 0.669. The van der Waals surface area contributed by atoms with Crippen molar-refractivity contribution in [2.75, 3.05) is 0 Å². The molecule has 0 aliphatic heterocycles. The zero-order valence-corrected chi connectivity index (χ0v) is 7.28. The molecule has 0 amide bonds. The van der Waals surface area contributed by atoms with Gasteiger partial charge in [0.1, 0.15) is 5.82 Å². The first-order valence-corrected chi connectivity index (χ1v) is 4.04. The van der Waals surface area contributed by atoms with Crippen molar-refractivity contribution < 1.29 is 0 Å². The minimum Gasteiger partial charge on any atom is -0.258 e. The Morgan fingerprint density at radius 1 is 1.50 bits per heavy atom. The monoisotopic (exact) mass is 182 g/mol. The van der Waals surface area contributed by atoms with E-state index in [1.165, 1.54) is 0 Å². The molecule has 5 heteroatoms. The number of fused-ring (bicyclic) bond motifs is 1. The van der Waals surface area contributed by atoms with Gasteiger partial charge in [0.05, 0.1) is 0 Å². The van der Waals surface area contributed by atoms with Gasteiger partial charge in [0, 0.05) is 18.8 Å². The summed E-state index contributed by atoms with van der Waals surface area (Å²) in [5.41, 5.74) is 0. The minimum atomic E-state index is 0.411. The lowest BCUT2D eigenvalue weighted by atomic mass is 10.5. The Morgan fingerprint density at radius 3 is 3.08 bits per heavy atom. The predicted molar refractivity (Wildman–Crippen MR) is 45.2 cm³/mol. The Balaban J connectivity index is 2.75. The highest BCUT2D eigenvalue weighted by atomic mass is 35.5. The zero-order chi connectivity index (χ0) is 8.55. The molecule has 0 aliphatic carbocycles. The average Bonchev–Trinajstić information content (AvgIpc) is 2.52. The van der Waals surface area contributed by atoms with E-state index in [0.717, 1.165) is 12.2 Å². The summed E-state index contributed by atoms with van der Waals surface area (Å²) in [5, 5.41) is 0.411. The normalized spacial score (nSPS) is 10.8. The fourth-order valence-corrected chi connectivity index (χ4v) is 1.21. The van der Waals surface area contributed by atoms with Crippen molar-refractivity contribution in [3.63, 3.8) is 0 Å². The van der Waals surface area contributed by atoms with Gasteiger partial charge in [0.2, 0.25) is 11.1 Å².